The predicted octanol–water partition coefficient (Wildman–Crippen LogP) is 0.588. The molecule has 0 bridgehead atoms. The molecule has 2 aliphatic rings. The Labute approximate surface area is 167 Å². The monoisotopic (exact) mass is 410 g/mol. The fourth-order valence-electron chi connectivity index (χ4n) is 4.14. The van der Waals surface area contributed by atoms with E-state index in [1.165, 1.54) is 17.4 Å². The van der Waals surface area contributed by atoms with Crippen LogP contribution in [0.1, 0.15) is 39.0 Å². The first-order chi connectivity index (χ1) is 13.3. The van der Waals surface area contributed by atoms with Crippen molar-refractivity contribution in [2.75, 3.05) is 32.7 Å². The van der Waals surface area contributed by atoms with E-state index in [0.717, 1.165) is 25.9 Å². The molecule has 8 nitrogen and oxygen atoms in total. The summed E-state index contributed by atoms with van der Waals surface area (Å²) in [6, 6.07) is 3.38. The molecule has 156 valence electrons. The van der Waals surface area contributed by atoms with Crippen molar-refractivity contribution in [3.05, 3.63) is 24.5 Å². The SMILES string of the molecule is CC(=O)NC1CCN(C[C@]2(O)CCCN(S(=O)(=O)c3cccnc3)CC2)CC1. The van der Waals surface area contributed by atoms with Gasteiger partial charge in [-0.25, -0.2) is 8.42 Å². The number of rotatable bonds is 5. The Kier molecular flexibility index (Phi) is 6.69. The van der Waals surface area contributed by atoms with Gasteiger partial charge in [-0.05, 0) is 44.2 Å². The van der Waals surface area contributed by atoms with Gasteiger partial charge >= 0.3 is 0 Å². The van der Waals surface area contributed by atoms with Crippen molar-refractivity contribution in [1.29, 1.82) is 0 Å². The molecular formula is C19H30N4O4S. The molecule has 1 aromatic rings. The molecule has 0 radical (unpaired) electrons. The quantitative estimate of drug-likeness (QED) is 0.736. The molecule has 2 N–H and O–H groups in total. The normalized spacial score (nSPS) is 25.9. The van der Waals surface area contributed by atoms with Crippen molar-refractivity contribution >= 4 is 15.9 Å². The highest BCUT2D eigenvalue weighted by Crippen LogP contribution is 2.27. The minimum Gasteiger partial charge on any atom is -0.389 e. The number of sulfonamides is 1. The zero-order valence-corrected chi connectivity index (χ0v) is 17.2. The first-order valence-corrected chi connectivity index (χ1v) is 11.3. The first-order valence-electron chi connectivity index (χ1n) is 9.91. The van der Waals surface area contributed by atoms with Crippen LogP contribution in [0, 0.1) is 0 Å². The molecule has 0 aliphatic carbocycles. The lowest BCUT2D eigenvalue weighted by molar-refractivity contribution is -0.120. The van der Waals surface area contributed by atoms with Gasteiger partial charge in [0.2, 0.25) is 15.9 Å². The molecule has 0 spiro atoms. The maximum atomic E-state index is 12.8. The fraction of sp³-hybridized carbons (Fsp3) is 0.684. The van der Waals surface area contributed by atoms with Crippen LogP contribution in [-0.2, 0) is 14.8 Å². The van der Waals surface area contributed by atoms with E-state index in [1.54, 1.807) is 18.3 Å². The third-order valence-corrected chi connectivity index (χ3v) is 7.54. The lowest BCUT2D eigenvalue weighted by Crippen LogP contribution is -2.50. The number of hydrogen-bond donors (Lipinski definition) is 2. The predicted molar refractivity (Wildman–Crippen MR) is 105 cm³/mol. The summed E-state index contributed by atoms with van der Waals surface area (Å²) in [5.41, 5.74) is -0.889. The molecule has 28 heavy (non-hydrogen) atoms. The molecule has 0 aromatic carbocycles. The minimum absolute atomic E-state index is 0.00392. The van der Waals surface area contributed by atoms with Crippen molar-refractivity contribution in [2.24, 2.45) is 0 Å². The average molecular weight is 411 g/mol. The van der Waals surface area contributed by atoms with Gasteiger partial charge in [-0.1, -0.05) is 0 Å². The van der Waals surface area contributed by atoms with Gasteiger partial charge in [-0.3, -0.25) is 9.78 Å². The molecule has 1 amide bonds. The number of nitrogens with one attached hydrogen (secondary N) is 1. The number of hydrogen-bond acceptors (Lipinski definition) is 6. The maximum absolute atomic E-state index is 12.8. The Morgan fingerprint density at radius 3 is 2.68 bits per heavy atom. The fourth-order valence-corrected chi connectivity index (χ4v) is 5.58. The zero-order chi connectivity index (χ0) is 20.2. The molecule has 9 heteroatoms. The molecule has 3 heterocycles. The van der Waals surface area contributed by atoms with E-state index in [1.807, 2.05) is 0 Å². The van der Waals surface area contributed by atoms with Gasteiger partial charge < -0.3 is 15.3 Å². The highest BCUT2D eigenvalue weighted by molar-refractivity contribution is 7.89. The van der Waals surface area contributed by atoms with Crippen molar-refractivity contribution in [3.8, 4) is 0 Å². The Morgan fingerprint density at radius 2 is 2.04 bits per heavy atom. The van der Waals surface area contributed by atoms with Crippen LogP contribution in [-0.4, -0.2) is 78.0 Å². The van der Waals surface area contributed by atoms with Gasteiger partial charge in [0, 0.05) is 58.1 Å². The molecule has 2 aliphatic heterocycles. The number of β-amino-alcohol motifs (C(OH)–C–C–N with tert-alkyl or cyclic N) is 1. The number of amides is 1. The van der Waals surface area contributed by atoms with Crippen molar-refractivity contribution < 1.29 is 18.3 Å². The molecule has 1 aromatic heterocycles. The summed E-state index contributed by atoms with van der Waals surface area (Å²) in [4.78, 5) is 17.5. The Morgan fingerprint density at radius 1 is 1.29 bits per heavy atom. The van der Waals surface area contributed by atoms with Gasteiger partial charge in [0.15, 0.2) is 0 Å². The summed E-state index contributed by atoms with van der Waals surface area (Å²) in [6.07, 6.45) is 6.28. The van der Waals surface area contributed by atoms with Crippen LogP contribution in [0.25, 0.3) is 0 Å². The molecule has 0 unspecified atom stereocenters. The van der Waals surface area contributed by atoms with E-state index in [9.17, 15) is 18.3 Å². The molecule has 2 fully saturated rings. The van der Waals surface area contributed by atoms with E-state index < -0.39 is 15.6 Å². The average Bonchev–Trinajstić information content (AvgIpc) is 2.86. The number of likely N-dealkylation sites (tertiary alicyclic amines) is 1. The summed E-state index contributed by atoms with van der Waals surface area (Å²) in [7, 11) is -3.58. The lowest BCUT2D eigenvalue weighted by Gasteiger charge is -2.38. The second-order valence-electron chi connectivity index (χ2n) is 7.92. The minimum atomic E-state index is -3.58. The van der Waals surface area contributed by atoms with Crippen LogP contribution < -0.4 is 5.32 Å². The van der Waals surface area contributed by atoms with E-state index in [4.69, 9.17) is 0 Å². The van der Waals surface area contributed by atoms with E-state index >= 15 is 0 Å². The van der Waals surface area contributed by atoms with E-state index in [2.05, 4.69) is 15.2 Å². The largest absolute Gasteiger partial charge is 0.389 e. The lowest BCUT2D eigenvalue weighted by atomic mass is 9.93. The number of piperidine rings is 1. The van der Waals surface area contributed by atoms with Crippen molar-refractivity contribution in [3.63, 3.8) is 0 Å². The molecule has 0 saturated carbocycles. The molecule has 2 saturated heterocycles. The van der Waals surface area contributed by atoms with Crippen LogP contribution >= 0.6 is 0 Å². The van der Waals surface area contributed by atoms with E-state index in [0.29, 0.717) is 38.9 Å². The van der Waals surface area contributed by atoms with Gasteiger partial charge in [0.25, 0.3) is 0 Å². The highest BCUT2D eigenvalue weighted by Gasteiger charge is 2.36. The third-order valence-electron chi connectivity index (χ3n) is 5.66. The smallest absolute Gasteiger partial charge is 0.244 e. The third kappa shape index (κ3) is 5.28. The second kappa shape index (κ2) is 8.86. The number of aromatic nitrogens is 1. The van der Waals surface area contributed by atoms with Gasteiger partial charge in [0.05, 0.1) is 5.60 Å². The van der Waals surface area contributed by atoms with Gasteiger partial charge in [0.1, 0.15) is 4.90 Å². The second-order valence-corrected chi connectivity index (χ2v) is 9.86. The van der Waals surface area contributed by atoms with Crippen molar-refractivity contribution in [1.82, 2.24) is 19.5 Å². The molecule has 1 atom stereocenters. The van der Waals surface area contributed by atoms with Gasteiger partial charge in [-0.2, -0.15) is 4.31 Å². The van der Waals surface area contributed by atoms with Crippen LogP contribution in [0.5, 0.6) is 0 Å². The van der Waals surface area contributed by atoms with Crippen LogP contribution in [0.3, 0.4) is 0 Å². The summed E-state index contributed by atoms with van der Waals surface area (Å²) in [5.74, 6) is -0.00392. The van der Waals surface area contributed by atoms with Crippen LogP contribution in [0.4, 0.5) is 0 Å². The highest BCUT2D eigenvalue weighted by atomic mass is 32.2. The zero-order valence-electron chi connectivity index (χ0n) is 16.4. The summed E-state index contributed by atoms with van der Waals surface area (Å²) in [6.45, 7) is 4.43. The number of nitrogens with zero attached hydrogens (tertiary/aromatic N) is 3. The topological polar surface area (TPSA) is 103 Å². The maximum Gasteiger partial charge on any atom is 0.244 e. The summed E-state index contributed by atoms with van der Waals surface area (Å²) in [5, 5.41) is 14.1. The Bertz CT molecular complexity index is 765. The van der Waals surface area contributed by atoms with Crippen molar-refractivity contribution in [2.45, 2.75) is 55.6 Å². The molecule has 3 rings (SSSR count). The Balaban J connectivity index is 1.56. The van der Waals surface area contributed by atoms with Crippen LogP contribution in [0.2, 0.25) is 0 Å². The van der Waals surface area contributed by atoms with Crippen LogP contribution in [0.15, 0.2) is 29.4 Å². The summed E-state index contributed by atoms with van der Waals surface area (Å²) < 4.78 is 27.1. The number of aliphatic hydroxyl groups is 1. The Hall–Kier alpha value is -1.55. The number of carbonyl (C=O) groups excluding carboxylic acids is 1. The van der Waals surface area contributed by atoms with Gasteiger partial charge in [-0.15, -0.1) is 0 Å². The summed E-state index contributed by atoms with van der Waals surface area (Å²) >= 11 is 0. The van der Waals surface area contributed by atoms with E-state index in [-0.39, 0.29) is 16.8 Å². The standard InChI is InChI=1S/C19H30N4O4S/c1-16(24)21-17-5-11-22(12-6-17)15-19(25)7-3-10-23(13-8-19)28(26,27)18-4-2-9-20-14-18/h2,4,9,14,17,25H,3,5-8,10-13,15H2,1H3,(H,21,24)/t19-/m0/s1. The number of pyridine rings is 1. The first kappa shape index (κ1) is 21.2. The number of carbonyl (C=O) groups is 1. The molecular weight excluding hydrogens is 380 g/mol.